The topological polar surface area (TPSA) is 82.4 Å². The molecule has 0 fully saturated rings. The van der Waals surface area contributed by atoms with Crippen LogP contribution in [0.1, 0.15) is 20.3 Å². The first-order valence-electron chi connectivity index (χ1n) is 6.56. The van der Waals surface area contributed by atoms with Crippen LogP contribution in [0.15, 0.2) is 11.0 Å². The minimum absolute atomic E-state index is 0.0172. The zero-order valence-electron chi connectivity index (χ0n) is 12.7. The number of esters is 1. The van der Waals surface area contributed by atoms with Crippen molar-refractivity contribution in [1.29, 1.82) is 0 Å². The van der Waals surface area contributed by atoms with E-state index in [-0.39, 0.29) is 19.6 Å². The fraction of sp³-hybridized carbons (Fsp3) is 0.538. The summed E-state index contributed by atoms with van der Waals surface area (Å²) < 4.78 is 54.1. The lowest BCUT2D eigenvalue weighted by atomic mass is 10.1. The molecule has 0 amide bonds. The Bertz CT molecular complexity index is 777. The van der Waals surface area contributed by atoms with Crippen LogP contribution in [0, 0.1) is 15.2 Å². The fourth-order valence-electron chi connectivity index (χ4n) is 1.80. The molecular formula is C13H16F2INO5S. The maximum absolute atomic E-state index is 13.6. The largest absolute Gasteiger partial charge is 0.465 e. The van der Waals surface area contributed by atoms with E-state index in [9.17, 15) is 26.8 Å². The van der Waals surface area contributed by atoms with Gasteiger partial charge in [-0.15, -0.1) is 0 Å². The summed E-state index contributed by atoms with van der Waals surface area (Å²) >= 11 is 1.36. The number of aromatic nitrogens is 1. The van der Waals surface area contributed by atoms with E-state index < -0.39 is 41.3 Å². The fourth-order valence-corrected chi connectivity index (χ4v) is 2.99. The summed E-state index contributed by atoms with van der Waals surface area (Å²) in [5.41, 5.74) is -1.09. The van der Waals surface area contributed by atoms with E-state index in [1.165, 1.54) is 29.5 Å². The SMILES string of the molecule is CCOC(=O)[C@@](C)(CCn1cc(F)c(I)c(F)c1=O)S(C)(=O)=O. The van der Waals surface area contributed by atoms with Gasteiger partial charge in [0.15, 0.2) is 20.4 Å². The van der Waals surface area contributed by atoms with E-state index in [1.54, 1.807) is 0 Å². The Balaban J connectivity index is 3.20. The second-order valence-corrected chi connectivity index (χ2v) is 8.60. The normalized spacial score (nSPS) is 14.3. The third kappa shape index (κ3) is 4.08. The van der Waals surface area contributed by atoms with Crippen LogP contribution in [-0.2, 0) is 25.9 Å². The number of hydrogen-bond acceptors (Lipinski definition) is 5. The number of pyridine rings is 1. The predicted molar refractivity (Wildman–Crippen MR) is 87.8 cm³/mol. The Morgan fingerprint density at radius 1 is 1.43 bits per heavy atom. The Labute approximate surface area is 145 Å². The predicted octanol–water partition coefficient (Wildman–Crippen LogP) is 1.49. The number of aryl methyl sites for hydroxylation is 1. The lowest BCUT2D eigenvalue weighted by molar-refractivity contribution is -0.146. The number of carbonyl (C=O) groups is 1. The number of hydrogen-bond donors (Lipinski definition) is 0. The summed E-state index contributed by atoms with van der Waals surface area (Å²) in [6, 6.07) is 0. The summed E-state index contributed by atoms with van der Waals surface area (Å²) in [5, 5.41) is 0. The molecule has 0 N–H and O–H groups in total. The molecule has 0 aliphatic carbocycles. The van der Waals surface area contributed by atoms with Crippen LogP contribution in [0.5, 0.6) is 0 Å². The molecule has 0 radical (unpaired) electrons. The standard InChI is InChI=1S/C13H16F2INO5S/c1-4-22-12(19)13(2,23(3,20)21)5-6-17-7-8(14)10(16)9(15)11(17)18/h7H,4-6H2,1-3H3/t13-/m1/s1. The van der Waals surface area contributed by atoms with Crippen molar-refractivity contribution in [3.8, 4) is 0 Å². The Kier molecular flexibility index (Phi) is 6.30. The highest BCUT2D eigenvalue weighted by Crippen LogP contribution is 2.24. The van der Waals surface area contributed by atoms with Crippen molar-refractivity contribution in [2.45, 2.75) is 31.6 Å². The van der Waals surface area contributed by atoms with Crippen molar-refractivity contribution in [3.63, 3.8) is 0 Å². The monoisotopic (exact) mass is 463 g/mol. The van der Waals surface area contributed by atoms with Crippen molar-refractivity contribution in [2.75, 3.05) is 12.9 Å². The van der Waals surface area contributed by atoms with Gasteiger partial charge in [0.25, 0.3) is 5.56 Å². The number of halogens is 3. The number of nitrogens with zero attached hydrogens (tertiary/aromatic N) is 1. The van der Waals surface area contributed by atoms with Gasteiger partial charge in [-0.3, -0.25) is 9.59 Å². The third-order valence-corrected chi connectivity index (χ3v) is 6.47. The molecule has 10 heteroatoms. The molecule has 130 valence electrons. The smallest absolute Gasteiger partial charge is 0.327 e. The summed E-state index contributed by atoms with van der Waals surface area (Å²) in [7, 11) is -3.88. The highest BCUT2D eigenvalue weighted by molar-refractivity contribution is 14.1. The summed E-state index contributed by atoms with van der Waals surface area (Å²) in [6.45, 7) is 2.31. The van der Waals surface area contributed by atoms with E-state index in [0.29, 0.717) is 4.57 Å². The first-order valence-corrected chi connectivity index (χ1v) is 9.53. The molecule has 6 nitrogen and oxygen atoms in total. The van der Waals surface area contributed by atoms with Gasteiger partial charge in [-0.1, -0.05) is 0 Å². The molecule has 23 heavy (non-hydrogen) atoms. The summed E-state index contributed by atoms with van der Waals surface area (Å²) in [5.74, 6) is -3.18. The molecule has 0 saturated carbocycles. The van der Waals surface area contributed by atoms with Crippen LogP contribution in [0.4, 0.5) is 8.78 Å². The Morgan fingerprint density at radius 3 is 2.48 bits per heavy atom. The quantitative estimate of drug-likeness (QED) is 0.472. The van der Waals surface area contributed by atoms with Crippen LogP contribution in [0.25, 0.3) is 0 Å². The van der Waals surface area contributed by atoms with Gasteiger partial charge in [0, 0.05) is 19.0 Å². The Hall–Kier alpha value is -1.04. The van der Waals surface area contributed by atoms with E-state index >= 15 is 0 Å². The average molecular weight is 463 g/mol. The maximum atomic E-state index is 13.6. The molecule has 0 aliphatic rings. The van der Waals surface area contributed by atoms with Crippen molar-refractivity contribution in [2.24, 2.45) is 0 Å². The molecule has 1 rings (SSSR count). The number of rotatable bonds is 6. The van der Waals surface area contributed by atoms with E-state index in [2.05, 4.69) is 0 Å². The molecule has 1 atom stereocenters. The molecule has 1 aromatic heterocycles. The molecule has 0 saturated heterocycles. The second kappa shape index (κ2) is 7.24. The zero-order chi connectivity index (χ0) is 18.0. The minimum Gasteiger partial charge on any atom is -0.465 e. The van der Waals surface area contributed by atoms with Gasteiger partial charge < -0.3 is 9.30 Å². The number of sulfone groups is 1. The molecule has 0 bridgehead atoms. The van der Waals surface area contributed by atoms with E-state index in [1.807, 2.05) is 0 Å². The zero-order valence-corrected chi connectivity index (χ0v) is 15.7. The number of ether oxygens (including phenoxy) is 1. The highest BCUT2D eigenvalue weighted by atomic mass is 127. The van der Waals surface area contributed by atoms with Gasteiger partial charge in [-0.25, -0.2) is 12.8 Å². The van der Waals surface area contributed by atoms with Gasteiger partial charge in [0.2, 0.25) is 5.82 Å². The lowest BCUT2D eigenvalue weighted by Gasteiger charge is -2.25. The number of carbonyl (C=O) groups excluding carboxylic acids is 1. The van der Waals surface area contributed by atoms with Gasteiger partial charge in [-0.05, 0) is 42.9 Å². The Morgan fingerprint density at radius 2 is 2.00 bits per heavy atom. The van der Waals surface area contributed by atoms with Crippen LogP contribution < -0.4 is 5.56 Å². The van der Waals surface area contributed by atoms with Crippen molar-refractivity contribution < 1.29 is 26.7 Å². The van der Waals surface area contributed by atoms with E-state index in [4.69, 9.17) is 4.74 Å². The summed E-state index contributed by atoms with van der Waals surface area (Å²) in [4.78, 5) is 23.7. The lowest BCUT2D eigenvalue weighted by Crippen LogP contribution is -2.45. The van der Waals surface area contributed by atoms with Gasteiger partial charge in [0.05, 0.1) is 10.2 Å². The molecule has 0 aromatic carbocycles. The highest BCUT2D eigenvalue weighted by Gasteiger charge is 2.44. The molecule has 1 heterocycles. The van der Waals surface area contributed by atoms with Crippen molar-refractivity contribution >= 4 is 38.4 Å². The van der Waals surface area contributed by atoms with Crippen LogP contribution in [0.3, 0.4) is 0 Å². The molecular weight excluding hydrogens is 447 g/mol. The molecule has 0 unspecified atom stereocenters. The minimum atomic E-state index is -3.88. The molecule has 0 aliphatic heterocycles. The summed E-state index contributed by atoms with van der Waals surface area (Å²) in [6.07, 6.45) is 1.28. The van der Waals surface area contributed by atoms with Crippen LogP contribution in [-0.4, -0.2) is 36.6 Å². The molecule has 0 spiro atoms. The first-order chi connectivity index (χ1) is 10.5. The second-order valence-electron chi connectivity index (χ2n) is 5.08. The average Bonchev–Trinajstić information content (AvgIpc) is 2.46. The van der Waals surface area contributed by atoms with Gasteiger partial charge in [0.1, 0.15) is 0 Å². The van der Waals surface area contributed by atoms with Crippen molar-refractivity contribution in [1.82, 2.24) is 4.57 Å². The first kappa shape index (κ1) is 20.0. The van der Waals surface area contributed by atoms with Crippen LogP contribution >= 0.6 is 22.6 Å². The molecule has 1 aromatic rings. The van der Waals surface area contributed by atoms with Crippen LogP contribution in [0.2, 0.25) is 0 Å². The van der Waals surface area contributed by atoms with Gasteiger partial charge >= 0.3 is 5.97 Å². The third-order valence-electron chi connectivity index (χ3n) is 3.48. The van der Waals surface area contributed by atoms with Gasteiger partial charge in [-0.2, -0.15) is 4.39 Å². The van der Waals surface area contributed by atoms with Crippen molar-refractivity contribution in [3.05, 3.63) is 31.8 Å². The maximum Gasteiger partial charge on any atom is 0.327 e. The van der Waals surface area contributed by atoms with E-state index in [0.717, 1.165) is 19.4 Å².